The van der Waals surface area contributed by atoms with E-state index in [2.05, 4.69) is 14.9 Å². The first kappa shape index (κ1) is 28.1. The molecular formula is C32H35F3N6O2. The van der Waals surface area contributed by atoms with Crippen LogP contribution in [0.25, 0.3) is 32.9 Å². The first-order valence-corrected chi connectivity index (χ1v) is 15.1. The average molecular weight is 593 g/mol. The van der Waals surface area contributed by atoms with E-state index in [1.165, 1.54) is 30.5 Å². The Bertz CT molecular complexity index is 1670. The van der Waals surface area contributed by atoms with Crippen LogP contribution in [0.4, 0.5) is 19.0 Å². The number of ether oxygens (including phenoxy) is 1. The minimum Gasteiger partial charge on any atom is -0.508 e. The summed E-state index contributed by atoms with van der Waals surface area (Å²) in [6.07, 6.45) is 5.39. The molecule has 3 fully saturated rings. The molecule has 0 bridgehead atoms. The maximum Gasteiger partial charge on any atom is 0.319 e. The van der Waals surface area contributed by atoms with Gasteiger partial charge in [0.2, 0.25) is 0 Å². The molecule has 4 aromatic rings. The molecule has 226 valence electrons. The van der Waals surface area contributed by atoms with Crippen molar-refractivity contribution >= 4 is 27.5 Å². The van der Waals surface area contributed by atoms with Crippen molar-refractivity contribution in [3.05, 3.63) is 47.9 Å². The molecule has 2 aromatic carbocycles. The summed E-state index contributed by atoms with van der Waals surface area (Å²) < 4.78 is 51.7. The van der Waals surface area contributed by atoms with Crippen molar-refractivity contribution in [3.8, 4) is 23.0 Å². The Hall–Kier alpha value is -3.70. The third-order valence-electron chi connectivity index (χ3n) is 9.41. The van der Waals surface area contributed by atoms with Crippen molar-refractivity contribution in [1.82, 2.24) is 19.9 Å². The number of anilines is 1. The van der Waals surface area contributed by atoms with Gasteiger partial charge in [-0.2, -0.15) is 9.97 Å². The van der Waals surface area contributed by atoms with Crippen LogP contribution < -0.4 is 15.4 Å². The number of halogens is 3. The van der Waals surface area contributed by atoms with Gasteiger partial charge in [0.05, 0.1) is 27.7 Å². The van der Waals surface area contributed by atoms with Gasteiger partial charge >= 0.3 is 6.01 Å². The highest BCUT2D eigenvalue weighted by Gasteiger charge is 2.45. The van der Waals surface area contributed by atoms with Gasteiger partial charge in [-0.05, 0) is 75.2 Å². The number of nitrogens with zero attached hydrogens (tertiary/aromatic N) is 5. The highest BCUT2D eigenvalue weighted by Crippen LogP contribution is 2.43. The maximum atomic E-state index is 15.1. The number of aromatic nitrogens is 3. The largest absolute Gasteiger partial charge is 0.508 e. The number of aromatic hydroxyl groups is 1. The maximum absolute atomic E-state index is 15.1. The van der Waals surface area contributed by atoms with Crippen molar-refractivity contribution in [3.63, 3.8) is 0 Å². The van der Waals surface area contributed by atoms with Gasteiger partial charge in [0.15, 0.2) is 0 Å². The third-order valence-corrected chi connectivity index (χ3v) is 9.41. The molecule has 43 heavy (non-hydrogen) atoms. The molecule has 3 aliphatic rings. The summed E-state index contributed by atoms with van der Waals surface area (Å²) in [5.41, 5.74) is 5.76. The van der Waals surface area contributed by atoms with Crippen LogP contribution in [-0.2, 0) is 0 Å². The van der Waals surface area contributed by atoms with E-state index in [9.17, 15) is 5.11 Å². The first-order valence-electron chi connectivity index (χ1n) is 15.1. The number of rotatable bonds is 6. The molecule has 3 N–H and O–H groups in total. The summed E-state index contributed by atoms with van der Waals surface area (Å²) in [5.74, 6) is -0.326. The number of fused-ring (bicyclic) bond motifs is 3. The predicted molar refractivity (Wildman–Crippen MR) is 159 cm³/mol. The van der Waals surface area contributed by atoms with Crippen molar-refractivity contribution in [2.24, 2.45) is 5.73 Å². The minimum absolute atomic E-state index is 0.00199. The zero-order valence-corrected chi connectivity index (χ0v) is 23.9. The van der Waals surface area contributed by atoms with E-state index < -0.39 is 17.8 Å². The molecular weight excluding hydrogens is 557 g/mol. The van der Waals surface area contributed by atoms with Gasteiger partial charge < -0.3 is 20.5 Å². The third kappa shape index (κ3) is 5.02. The van der Waals surface area contributed by atoms with E-state index in [-0.39, 0.29) is 45.5 Å². The number of benzene rings is 2. The lowest BCUT2D eigenvalue weighted by Crippen LogP contribution is -2.43. The highest BCUT2D eigenvalue weighted by atomic mass is 19.3. The topological polar surface area (TPSA) is 101 Å². The monoisotopic (exact) mass is 592 g/mol. The van der Waals surface area contributed by atoms with Gasteiger partial charge in [-0.3, -0.25) is 9.88 Å². The summed E-state index contributed by atoms with van der Waals surface area (Å²) >= 11 is 0. The van der Waals surface area contributed by atoms with Crippen LogP contribution in [0.5, 0.6) is 11.8 Å². The number of alkyl halides is 2. The smallest absolute Gasteiger partial charge is 0.319 e. The second-order valence-electron chi connectivity index (χ2n) is 12.2. The Morgan fingerprint density at radius 3 is 2.67 bits per heavy atom. The van der Waals surface area contributed by atoms with Gasteiger partial charge in [0.25, 0.3) is 6.43 Å². The Kier molecular flexibility index (Phi) is 7.25. The Balaban J connectivity index is 1.42. The van der Waals surface area contributed by atoms with Crippen LogP contribution in [0.2, 0.25) is 0 Å². The molecule has 3 saturated heterocycles. The van der Waals surface area contributed by atoms with Crippen LogP contribution in [0.15, 0.2) is 36.5 Å². The first-order chi connectivity index (χ1) is 20.8. The summed E-state index contributed by atoms with van der Waals surface area (Å²) in [7, 11) is 0. The molecule has 7 rings (SSSR count). The zero-order chi connectivity index (χ0) is 29.7. The molecule has 2 aromatic heterocycles. The van der Waals surface area contributed by atoms with Crippen LogP contribution in [0.1, 0.15) is 56.9 Å². The average Bonchev–Trinajstić information content (AvgIpc) is 3.49. The van der Waals surface area contributed by atoms with Gasteiger partial charge in [-0.15, -0.1) is 0 Å². The standard InChI is InChI=1S/C32H35F3N6O2/c33-24-8-3-6-19-14-21(42)15-22(25(19)24)27-26(29(34)35)28-23(16-37-27)30(40-11-2-1-7-20(36)17-40)39-31(38-28)43-18-32-9-4-12-41(32)13-5-10-32/h3,6,8,14-16,20,29,42H,1-2,4-5,7,9-13,17-18,36H2. The van der Waals surface area contributed by atoms with Crippen LogP contribution >= 0.6 is 0 Å². The molecule has 0 radical (unpaired) electrons. The lowest BCUT2D eigenvalue weighted by molar-refractivity contribution is 0.107. The summed E-state index contributed by atoms with van der Waals surface area (Å²) in [6, 6.07) is 6.99. The Labute approximate surface area is 247 Å². The van der Waals surface area contributed by atoms with Crippen molar-refractivity contribution in [2.45, 2.75) is 63.0 Å². The number of nitrogens with two attached hydrogens (primary N) is 1. The number of pyridine rings is 1. The van der Waals surface area contributed by atoms with E-state index in [1.807, 2.05) is 4.90 Å². The number of phenolic OH excluding ortho intramolecular Hbond substituents is 1. The molecule has 8 nitrogen and oxygen atoms in total. The van der Waals surface area contributed by atoms with E-state index in [0.717, 1.165) is 58.0 Å². The fraction of sp³-hybridized carbons (Fsp3) is 0.469. The van der Waals surface area contributed by atoms with Gasteiger partial charge in [0.1, 0.15) is 24.0 Å². The lowest BCUT2D eigenvalue weighted by atomic mass is 9.95. The van der Waals surface area contributed by atoms with Gasteiger partial charge in [-0.25, -0.2) is 13.2 Å². The molecule has 0 amide bonds. The molecule has 11 heteroatoms. The fourth-order valence-corrected chi connectivity index (χ4v) is 7.38. The van der Waals surface area contributed by atoms with Gasteiger partial charge in [-0.1, -0.05) is 18.6 Å². The SMILES string of the molecule is NC1CCCCN(c2nc(OCC34CCCN3CCC4)nc3c(C(F)F)c(-c4cc(O)cc5cccc(F)c45)ncc23)C1. The summed E-state index contributed by atoms with van der Waals surface area (Å²) in [5, 5.41) is 11.3. The summed E-state index contributed by atoms with van der Waals surface area (Å²) in [4.78, 5) is 18.3. The normalized spacial score (nSPS) is 20.7. The fourth-order valence-electron chi connectivity index (χ4n) is 7.38. The van der Waals surface area contributed by atoms with E-state index in [0.29, 0.717) is 36.3 Å². The van der Waals surface area contributed by atoms with Crippen LogP contribution in [-0.4, -0.2) is 69.3 Å². The van der Waals surface area contributed by atoms with E-state index >= 15 is 13.2 Å². The van der Waals surface area contributed by atoms with Crippen molar-refractivity contribution < 1.29 is 23.0 Å². The molecule has 5 heterocycles. The van der Waals surface area contributed by atoms with Gasteiger partial charge in [0, 0.05) is 36.3 Å². The number of phenols is 1. The molecule has 3 aliphatic heterocycles. The summed E-state index contributed by atoms with van der Waals surface area (Å²) in [6.45, 7) is 3.60. The second kappa shape index (κ2) is 11.1. The quantitative estimate of drug-likeness (QED) is 0.283. The molecule has 1 unspecified atom stereocenters. The second-order valence-corrected chi connectivity index (χ2v) is 12.2. The highest BCUT2D eigenvalue weighted by molar-refractivity contribution is 6.01. The molecule has 0 aliphatic carbocycles. The van der Waals surface area contributed by atoms with Crippen molar-refractivity contribution in [2.75, 3.05) is 37.7 Å². The van der Waals surface area contributed by atoms with E-state index in [1.54, 1.807) is 6.07 Å². The van der Waals surface area contributed by atoms with Crippen molar-refractivity contribution in [1.29, 1.82) is 0 Å². The molecule has 1 atom stereocenters. The Morgan fingerprint density at radius 1 is 1.07 bits per heavy atom. The lowest BCUT2D eigenvalue weighted by Gasteiger charge is -2.31. The van der Waals surface area contributed by atoms with Crippen LogP contribution in [0, 0.1) is 5.82 Å². The number of hydrogen-bond acceptors (Lipinski definition) is 8. The zero-order valence-electron chi connectivity index (χ0n) is 23.9. The van der Waals surface area contributed by atoms with E-state index in [4.69, 9.17) is 15.5 Å². The van der Waals surface area contributed by atoms with Crippen LogP contribution in [0.3, 0.4) is 0 Å². The number of hydrogen-bond donors (Lipinski definition) is 2. The molecule has 0 spiro atoms. The molecule has 0 saturated carbocycles. The predicted octanol–water partition coefficient (Wildman–Crippen LogP) is 5.95. The Morgan fingerprint density at radius 2 is 1.88 bits per heavy atom. The minimum atomic E-state index is -3.00.